The van der Waals surface area contributed by atoms with E-state index in [9.17, 15) is 23.2 Å². The SMILES string of the molecule is Cc1cc(C(C)Nc2ccc(Cl)nc2C(N)=O)c2nc(N3CCC(C4=NN(C)C(=O)C4(F)F)CC3)n(C)c(=O)c2c1. The van der Waals surface area contributed by atoms with Crippen LogP contribution in [0.2, 0.25) is 5.15 Å². The normalized spacial score (nSPS) is 18.1. The molecule has 2 amide bonds. The summed E-state index contributed by atoms with van der Waals surface area (Å²) in [5.74, 6) is -5.85. The second kappa shape index (κ2) is 10.4. The lowest BCUT2D eigenvalue weighted by atomic mass is 9.89. The number of aryl methyl sites for hydroxylation is 1. The van der Waals surface area contributed by atoms with Gasteiger partial charge in [-0.05, 0) is 50.5 Å². The molecule has 2 aromatic heterocycles. The van der Waals surface area contributed by atoms with E-state index in [2.05, 4.69) is 15.4 Å². The first-order valence-electron chi connectivity index (χ1n) is 13.0. The molecule has 1 atom stereocenters. The Morgan fingerprint density at radius 1 is 1.17 bits per heavy atom. The zero-order valence-electron chi connectivity index (χ0n) is 22.9. The van der Waals surface area contributed by atoms with Gasteiger partial charge in [-0.1, -0.05) is 17.7 Å². The summed E-state index contributed by atoms with van der Waals surface area (Å²) < 4.78 is 30.5. The number of rotatable bonds is 6. The van der Waals surface area contributed by atoms with Gasteiger partial charge in [-0.3, -0.25) is 19.0 Å². The monoisotopic (exact) mass is 586 g/mol. The molecule has 41 heavy (non-hydrogen) atoms. The van der Waals surface area contributed by atoms with Gasteiger partial charge in [0.05, 0.1) is 22.6 Å². The number of benzene rings is 1. The molecule has 0 bridgehead atoms. The van der Waals surface area contributed by atoms with E-state index in [-0.39, 0.29) is 16.4 Å². The average Bonchev–Trinajstić information content (AvgIpc) is 3.14. The summed E-state index contributed by atoms with van der Waals surface area (Å²) in [6, 6.07) is 6.39. The van der Waals surface area contributed by atoms with Gasteiger partial charge in [0, 0.05) is 38.7 Å². The molecule has 1 unspecified atom stereocenters. The quantitative estimate of drug-likeness (QED) is 0.423. The maximum Gasteiger partial charge on any atom is 0.366 e. The number of hydrazone groups is 1. The number of aromatic nitrogens is 3. The summed E-state index contributed by atoms with van der Waals surface area (Å²) in [7, 11) is 2.85. The van der Waals surface area contributed by atoms with E-state index < -0.39 is 35.4 Å². The molecule has 11 nitrogen and oxygen atoms in total. The minimum atomic E-state index is -3.61. The van der Waals surface area contributed by atoms with Crippen LogP contribution in [0, 0.1) is 12.8 Å². The molecule has 216 valence electrons. The highest BCUT2D eigenvalue weighted by molar-refractivity contribution is 6.29. The number of piperidine rings is 1. The van der Waals surface area contributed by atoms with Crippen molar-refractivity contribution in [3.63, 3.8) is 0 Å². The zero-order valence-corrected chi connectivity index (χ0v) is 23.7. The van der Waals surface area contributed by atoms with Crippen molar-refractivity contribution in [2.45, 2.75) is 38.7 Å². The number of hydrogen-bond donors (Lipinski definition) is 2. The number of amides is 2. The summed E-state index contributed by atoms with van der Waals surface area (Å²) in [5, 5.41) is 8.30. The Morgan fingerprint density at radius 3 is 2.46 bits per heavy atom. The molecule has 0 aliphatic carbocycles. The Hall–Kier alpha value is -4.13. The fraction of sp³-hybridized carbons (Fsp3) is 0.407. The van der Waals surface area contributed by atoms with Crippen LogP contribution < -0.4 is 21.5 Å². The van der Waals surface area contributed by atoms with E-state index in [0.717, 1.165) is 5.56 Å². The molecular weight excluding hydrogens is 558 g/mol. The van der Waals surface area contributed by atoms with Gasteiger partial charge in [0.25, 0.3) is 11.5 Å². The molecule has 4 heterocycles. The van der Waals surface area contributed by atoms with Crippen molar-refractivity contribution in [2.75, 3.05) is 30.4 Å². The first kappa shape index (κ1) is 28.4. The van der Waals surface area contributed by atoms with Crippen molar-refractivity contribution >= 4 is 51.7 Å². The molecule has 3 aromatic rings. The number of pyridine rings is 1. The summed E-state index contributed by atoms with van der Waals surface area (Å²) >= 11 is 5.95. The maximum atomic E-state index is 14.5. The number of nitrogens with one attached hydrogen (secondary N) is 1. The number of nitrogens with zero attached hydrogens (tertiary/aromatic N) is 6. The lowest BCUT2D eigenvalue weighted by Crippen LogP contribution is -2.45. The third kappa shape index (κ3) is 4.98. The van der Waals surface area contributed by atoms with Crippen LogP contribution in [0.5, 0.6) is 0 Å². The average molecular weight is 587 g/mol. The zero-order chi connectivity index (χ0) is 29.8. The summed E-state index contributed by atoms with van der Waals surface area (Å²) in [4.78, 5) is 48.1. The number of halogens is 3. The molecule has 1 fully saturated rings. The molecule has 1 saturated heterocycles. The topological polar surface area (TPSA) is 139 Å². The third-order valence-electron chi connectivity index (χ3n) is 7.57. The number of anilines is 2. The fourth-order valence-electron chi connectivity index (χ4n) is 5.48. The first-order valence-corrected chi connectivity index (χ1v) is 13.4. The summed E-state index contributed by atoms with van der Waals surface area (Å²) in [5.41, 5.74) is 7.22. The Morgan fingerprint density at radius 2 is 1.85 bits per heavy atom. The van der Waals surface area contributed by atoms with Gasteiger partial charge in [-0.15, -0.1) is 0 Å². The van der Waals surface area contributed by atoms with E-state index in [0.29, 0.717) is 59.0 Å². The predicted molar refractivity (Wildman–Crippen MR) is 152 cm³/mol. The molecule has 1 aromatic carbocycles. The Balaban J connectivity index is 1.48. The molecule has 5 rings (SSSR count). The number of hydrogen-bond acceptors (Lipinski definition) is 8. The maximum absolute atomic E-state index is 14.5. The van der Waals surface area contributed by atoms with Gasteiger partial charge in [-0.25, -0.2) is 15.0 Å². The smallest absolute Gasteiger partial charge is 0.366 e. The molecule has 2 aliphatic rings. The number of carbonyl (C=O) groups excluding carboxylic acids is 2. The van der Waals surface area contributed by atoms with Crippen molar-refractivity contribution < 1.29 is 18.4 Å². The molecule has 0 saturated carbocycles. The van der Waals surface area contributed by atoms with Crippen molar-refractivity contribution in [1.82, 2.24) is 19.5 Å². The Bertz CT molecular complexity index is 1670. The number of fused-ring (bicyclic) bond motifs is 1. The highest BCUT2D eigenvalue weighted by Gasteiger charge is 2.54. The Labute approximate surface area is 239 Å². The number of carbonyl (C=O) groups is 2. The second-order valence-corrected chi connectivity index (χ2v) is 10.8. The number of primary amides is 1. The van der Waals surface area contributed by atoms with Gasteiger partial charge in [0.15, 0.2) is 5.69 Å². The minimum Gasteiger partial charge on any atom is -0.377 e. The van der Waals surface area contributed by atoms with Gasteiger partial charge >= 0.3 is 11.8 Å². The summed E-state index contributed by atoms with van der Waals surface area (Å²) in [6.45, 7) is 4.42. The second-order valence-electron chi connectivity index (χ2n) is 10.4. The molecule has 2 aliphatic heterocycles. The van der Waals surface area contributed by atoms with Crippen LogP contribution in [0.4, 0.5) is 20.4 Å². The van der Waals surface area contributed by atoms with Gasteiger partial charge < -0.3 is 16.0 Å². The lowest BCUT2D eigenvalue weighted by Gasteiger charge is -2.34. The van der Waals surface area contributed by atoms with E-state index >= 15 is 0 Å². The lowest BCUT2D eigenvalue weighted by molar-refractivity contribution is -0.144. The minimum absolute atomic E-state index is 0.0147. The molecule has 14 heteroatoms. The molecular formula is C27H29ClF2N8O3. The van der Waals surface area contributed by atoms with E-state index in [1.807, 2.05) is 24.8 Å². The molecule has 3 N–H and O–H groups in total. The van der Waals surface area contributed by atoms with Crippen LogP contribution in [0.3, 0.4) is 0 Å². The van der Waals surface area contributed by atoms with E-state index in [1.165, 1.54) is 17.7 Å². The van der Waals surface area contributed by atoms with Crippen LogP contribution in [-0.2, 0) is 11.8 Å². The van der Waals surface area contributed by atoms with Crippen molar-refractivity contribution in [1.29, 1.82) is 0 Å². The van der Waals surface area contributed by atoms with Crippen LogP contribution in [0.1, 0.15) is 47.4 Å². The molecule has 0 spiro atoms. The van der Waals surface area contributed by atoms with Gasteiger partial charge in [-0.2, -0.15) is 13.9 Å². The van der Waals surface area contributed by atoms with Gasteiger partial charge in [0.1, 0.15) is 10.9 Å². The molecule has 0 radical (unpaired) electrons. The highest BCUT2D eigenvalue weighted by atomic mass is 35.5. The largest absolute Gasteiger partial charge is 0.377 e. The third-order valence-corrected chi connectivity index (χ3v) is 7.78. The van der Waals surface area contributed by atoms with Gasteiger partial charge in [0.2, 0.25) is 5.95 Å². The van der Waals surface area contributed by atoms with Crippen LogP contribution >= 0.6 is 11.6 Å². The number of nitrogens with two attached hydrogens (primary N) is 1. The standard InChI is InChI=1S/C27H29ClF2N8O3/c1-13-11-16(14(2)32-18-5-6-19(28)33-21(18)23(31)39)20-17(12-13)24(40)36(3)26(34-20)38-9-7-15(8-10-38)22-27(29,30)25(41)37(4)35-22/h5-6,11-12,14-15,32H,7-10H2,1-4H3,(H2,31,39). The fourth-order valence-corrected chi connectivity index (χ4v) is 5.63. The van der Waals surface area contributed by atoms with E-state index in [4.69, 9.17) is 22.3 Å². The highest BCUT2D eigenvalue weighted by Crippen LogP contribution is 2.35. The summed E-state index contributed by atoms with van der Waals surface area (Å²) in [6.07, 6.45) is 0.642. The van der Waals surface area contributed by atoms with Crippen molar-refractivity contribution in [2.24, 2.45) is 23.8 Å². The van der Waals surface area contributed by atoms with Crippen molar-refractivity contribution in [3.8, 4) is 0 Å². The number of alkyl halides is 2. The predicted octanol–water partition coefficient (Wildman–Crippen LogP) is 3.24. The van der Waals surface area contributed by atoms with Crippen LogP contribution in [0.15, 0.2) is 34.2 Å². The van der Waals surface area contributed by atoms with E-state index in [1.54, 1.807) is 19.2 Å². The van der Waals surface area contributed by atoms with Crippen molar-refractivity contribution in [3.05, 3.63) is 56.6 Å². The van der Waals surface area contributed by atoms with Crippen LogP contribution in [0.25, 0.3) is 10.9 Å². The van der Waals surface area contributed by atoms with Crippen LogP contribution in [-0.4, -0.2) is 63.1 Å². The Kier molecular flexibility index (Phi) is 7.18. The first-order chi connectivity index (χ1) is 19.3.